The fourth-order valence-electron chi connectivity index (χ4n) is 1.47. The predicted molar refractivity (Wildman–Crippen MR) is 63.3 cm³/mol. The maximum absolute atomic E-state index is 12.9. The van der Waals surface area contributed by atoms with E-state index in [1.807, 2.05) is 12.1 Å². The highest BCUT2D eigenvalue weighted by Gasteiger charge is 2.04. The zero-order chi connectivity index (χ0) is 12.3. The van der Waals surface area contributed by atoms with Crippen LogP contribution >= 0.6 is 0 Å². The molecule has 0 aliphatic heterocycles. The van der Waals surface area contributed by atoms with Gasteiger partial charge in [0.05, 0.1) is 5.69 Å². The molecular weight excluding hydrogens is 219 g/mol. The van der Waals surface area contributed by atoms with E-state index in [0.717, 1.165) is 11.3 Å². The summed E-state index contributed by atoms with van der Waals surface area (Å²) in [7, 11) is 0. The molecule has 4 heteroatoms. The quantitative estimate of drug-likeness (QED) is 0.885. The Hall–Kier alpha value is -1.94. The fraction of sp³-hybridized carbons (Fsp3) is 0.154. The first-order valence-corrected chi connectivity index (χ1v) is 5.29. The van der Waals surface area contributed by atoms with Crippen molar-refractivity contribution in [2.24, 2.45) is 5.73 Å². The van der Waals surface area contributed by atoms with Gasteiger partial charge in [-0.05, 0) is 36.8 Å². The molecule has 0 amide bonds. The molecule has 1 aromatic heterocycles. The standard InChI is InChI=1S/C13H13FN2O/c1-9-7-10(14)5-6-12(9)17-13-4-2-3-11(8-15)16-13/h2-7H,8,15H2,1H3. The molecule has 2 aromatic rings. The monoisotopic (exact) mass is 232 g/mol. The van der Waals surface area contributed by atoms with Gasteiger partial charge in [-0.25, -0.2) is 9.37 Å². The van der Waals surface area contributed by atoms with Crippen molar-refractivity contribution in [3.8, 4) is 11.6 Å². The molecule has 0 radical (unpaired) electrons. The summed E-state index contributed by atoms with van der Waals surface area (Å²) in [6.07, 6.45) is 0. The third kappa shape index (κ3) is 2.79. The molecule has 0 saturated heterocycles. The highest BCUT2D eigenvalue weighted by molar-refractivity contribution is 5.35. The summed E-state index contributed by atoms with van der Waals surface area (Å²) in [6.45, 7) is 2.14. The van der Waals surface area contributed by atoms with Crippen molar-refractivity contribution in [2.75, 3.05) is 0 Å². The van der Waals surface area contributed by atoms with Crippen LogP contribution in [0, 0.1) is 12.7 Å². The van der Waals surface area contributed by atoms with E-state index < -0.39 is 0 Å². The van der Waals surface area contributed by atoms with Crippen LogP contribution in [0.15, 0.2) is 36.4 Å². The van der Waals surface area contributed by atoms with Gasteiger partial charge in [-0.1, -0.05) is 6.07 Å². The average molecular weight is 232 g/mol. The van der Waals surface area contributed by atoms with E-state index in [0.29, 0.717) is 18.2 Å². The third-order valence-electron chi connectivity index (χ3n) is 2.34. The molecule has 0 spiro atoms. The first kappa shape index (κ1) is 11.5. The summed E-state index contributed by atoms with van der Waals surface area (Å²) in [5, 5.41) is 0. The van der Waals surface area contributed by atoms with Crippen molar-refractivity contribution in [3.05, 3.63) is 53.5 Å². The van der Waals surface area contributed by atoms with Crippen molar-refractivity contribution in [1.29, 1.82) is 0 Å². The van der Waals surface area contributed by atoms with Gasteiger partial charge >= 0.3 is 0 Å². The van der Waals surface area contributed by atoms with Crippen molar-refractivity contribution >= 4 is 0 Å². The molecule has 0 aliphatic rings. The Balaban J connectivity index is 2.25. The number of hydrogen-bond acceptors (Lipinski definition) is 3. The van der Waals surface area contributed by atoms with Crippen molar-refractivity contribution in [2.45, 2.75) is 13.5 Å². The van der Waals surface area contributed by atoms with Gasteiger partial charge in [-0.3, -0.25) is 0 Å². The van der Waals surface area contributed by atoms with Gasteiger partial charge in [0, 0.05) is 12.6 Å². The highest BCUT2D eigenvalue weighted by Crippen LogP contribution is 2.24. The van der Waals surface area contributed by atoms with Crippen LogP contribution in [0.2, 0.25) is 0 Å². The molecule has 0 atom stereocenters. The molecule has 2 N–H and O–H groups in total. The Morgan fingerprint density at radius 1 is 1.29 bits per heavy atom. The number of ether oxygens (including phenoxy) is 1. The molecule has 0 fully saturated rings. The number of nitrogens with zero attached hydrogens (tertiary/aromatic N) is 1. The maximum Gasteiger partial charge on any atom is 0.219 e. The summed E-state index contributed by atoms with van der Waals surface area (Å²) in [5.41, 5.74) is 6.97. The second-order valence-electron chi connectivity index (χ2n) is 3.68. The fourth-order valence-corrected chi connectivity index (χ4v) is 1.47. The zero-order valence-corrected chi connectivity index (χ0v) is 9.48. The summed E-state index contributed by atoms with van der Waals surface area (Å²) >= 11 is 0. The number of hydrogen-bond donors (Lipinski definition) is 1. The molecule has 0 bridgehead atoms. The maximum atomic E-state index is 12.9. The van der Waals surface area contributed by atoms with Crippen LogP contribution in [-0.4, -0.2) is 4.98 Å². The summed E-state index contributed by atoms with van der Waals surface area (Å²) in [4.78, 5) is 4.21. The van der Waals surface area contributed by atoms with E-state index in [-0.39, 0.29) is 5.82 Å². The lowest BCUT2D eigenvalue weighted by Gasteiger charge is -2.08. The normalized spacial score (nSPS) is 10.3. The van der Waals surface area contributed by atoms with Crippen molar-refractivity contribution < 1.29 is 9.13 Å². The lowest BCUT2D eigenvalue weighted by Crippen LogP contribution is -2.00. The summed E-state index contributed by atoms with van der Waals surface area (Å²) in [6, 6.07) is 9.74. The number of aromatic nitrogens is 1. The SMILES string of the molecule is Cc1cc(F)ccc1Oc1cccc(CN)n1. The van der Waals surface area contributed by atoms with Crippen molar-refractivity contribution in [1.82, 2.24) is 4.98 Å². The molecule has 17 heavy (non-hydrogen) atoms. The van der Waals surface area contributed by atoms with Gasteiger partial charge in [-0.2, -0.15) is 0 Å². The second kappa shape index (κ2) is 4.93. The first-order chi connectivity index (χ1) is 8.19. The molecule has 3 nitrogen and oxygen atoms in total. The Labute approximate surface area is 99.1 Å². The van der Waals surface area contributed by atoms with Gasteiger partial charge in [0.25, 0.3) is 0 Å². The summed E-state index contributed by atoms with van der Waals surface area (Å²) in [5.74, 6) is 0.772. The van der Waals surface area contributed by atoms with Crippen LogP contribution in [0.3, 0.4) is 0 Å². The molecule has 0 aliphatic carbocycles. The number of nitrogens with two attached hydrogens (primary N) is 1. The summed E-state index contributed by atoms with van der Waals surface area (Å²) < 4.78 is 18.5. The average Bonchev–Trinajstić information content (AvgIpc) is 2.33. The van der Waals surface area contributed by atoms with E-state index in [1.54, 1.807) is 19.1 Å². The number of benzene rings is 1. The number of rotatable bonds is 3. The molecule has 1 aromatic carbocycles. The molecular formula is C13H13FN2O. The van der Waals surface area contributed by atoms with Gasteiger partial charge in [0.15, 0.2) is 0 Å². The third-order valence-corrected chi connectivity index (χ3v) is 2.34. The van der Waals surface area contributed by atoms with Crippen molar-refractivity contribution in [3.63, 3.8) is 0 Å². The Morgan fingerprint density at radius 2 is 2.12 bits per heavy atom. The zero-order valence-electron chi connectivity index (χ0n) is 9.48. The van der Waals surface area contributed by atoms with Gasteiger partial charge in [0.2, 0.25) is 5.88 Å². The predicted octanol–water partition coefficient (Wildman–Crippen LogP) is 2.78. The first-order valence-electron chi connectivity index (χ1n) is 5.29. The lowest BCUT2D eigenvalue weighted by molar-refractivity contribution is 0.455. The van der Waals surface area contributed by atoms with E-state index in [4.69, 9.17) is 10.5 Å². The molecule has 0 saturated carbocycles. The van der Waals surface area contributed by atoms with Gasteiger partial charge < -0.3 is 10.5 Å². The second-order valence-corrected chi connectivity index (χ2v) is 3.68. The lowest BCUT2D eigenvalue weighted by atomic mass is 10.2. The van der Waals surface area contributed by atoms with Crippen LogP contribution in [0.5, 0.6) is 11.6 Å². The van der Waals surface area contributed by atoms with Crippen LogP contribution < -0.4 is 10.5 Å². The van der Waals surface area contributed by atoms with E-state index >= 15 is 0 Å². The van der Waals surface area contributed by atoms with E-state index in [1.165, 1.54) is 12.1 Å². The topological polar surface area (TPSA) is 48.1 Å². The Kier molecular flexibility index (Phi) is 3.35. The van der Waals surface area contributed by atoms with Crippen LogP contribution in [-0.2, 0) is 6.54 Å². The largest absolute Gasteiger partial charge is 0.439 e. The Morgan fingerprint density at radius 3 is 2.82 bits per heavy atom. The highest BCUT2D eigenvalue weighted by atomic mass is 19.1. The van der Waals surface area contributed by atoms with E-state index in [9.17, 15) is 4.39 Å². The van der Waals surface area contributed by atoms with Crippen LogP contribution in [0.1, 0.15) is 11.3 Å². The minimum Gasteiger partial charge on any atom is -0.439 e. The van der Waals surface area contributed by atoms with Gasteiger partial charge in [0.1, 0.15) is 11.6 Å². The minimum atomic E-state index is -0.279. The molecule has 1 heterocycles. The molecule has 2 rings (SSSR count). The van der Waals surface area contributed by atoms with Gasteiger partial charge in [-0.15, -0.1) is 0 Å². The van der Waals surface area contributed by atoms with E-state index in [2.05, 4.69) is 4.98 Å². The number of pyridine rings is 1. The van der Waals surface area contributed by atoms with Crippen LogP contribution in [0.4, 0.5) is 4.39 Å². The number of aryl methyl sites for hydroxylation is 1. The molecule has 88 valence electrons. The smallest absolute Gasteiger partial charge is 0.219 e. The minimum absolute atomic E-state index is 0.279. The number of halogens is 1. The van der Waals surface area contributed by atoms with Crippen LogP contribution in [0.25, 0.3) is 0 Å². The molecule has 0 unspecified atom stereocenters. The Bertz CT molecular complexity index is 529.